The van der Waals surface area contributed by atoms with E-state index in [9.17, 15) is 10.1 Å². The molecule has 0 radical (unpaired) electrons. The fourth-order valence-corrected chi connectivity index (χ4v) is 2.49. The maximum Gasteiger partial charge on any atom is 0.211 e. The zero-order valence-corrected chi connectivity index (χ0v) is 7.75. The quantitative estimate of drug-likeness (QED) is 0.540. The summed E-state index contributed by atoms with van der Waals surface area (Å²) in [4.78, 5) is 11.1. The highest BCUT2D eigenvalue weighted by Gasteiger charge is 2.26. The maximum absolute atomic E-state index is 10.4. The number of hydrogen-bond donors (Lipinski definition) is 0. The van der Waals surface area contributed by atoms with E-state index in [-0.39, 0.29) is 17.4 Å². The van der Waals surface area contributed by atoms with Crippen molar-refractivity contribution in [3.05, 3.63) is 26.4 Å². The molecule has 0 saturated heterocycles. The zero-order valence-electron chi connectivity index (χ0n) is 6.93. The number of ether oxygens (including phenoxy) is 1. The van der Waals surface area contributed by atoms with Gasteiger partial charge in [-0.1, -0.05) is 0 Å². The fraction of sp³-hybridized carbons (Fsp3) is 0.500. The minimum atomic E-state index is -0.251. The van der Waals surface area contributed by atoms with E-state index in [1.807, 2.05) is 11.4 Å². The molecule has 0 aliphatic carbocycles. The Hall–Kier alpha value is -1.10. The van der Waals surface area contributed by atoms with Gasteiger partial charge in [0, 0.05) is 4.92 Å². The second kappa shape index (κ2) is 3.33. The minimum absolute atomic E-state index is 0.0247. The fourth-order valence-electron chi connectivity index (χ4n) is 1.52. The van der Waals surface area contributed by atoms with Crippen LogP contribution >= 0.6 is 11.3 Å². The predicted octanol–water partition coefficient (Wildman–Crippen LogP) is 1.89. The van der Waals surface area contributed by atoms with Crippen LogP contribution in [0.15, 0.2) is 11.4 Å². The average molecular weight is 199 g/mol. The molecule has 2 heterocycles. The third-order valence-electron chi connectivity index (χ3n) is 2.12. The molecule has 0 aromatic carbocycles. The average Bonchev–Trinajstić information content (AvgIpc) is 2.51. The van der Waals surface area contributed by atoms with Gasteiger partial charge in [-0.15, -0.1) is 11.3 Å². The van der Waals surface area contributed by atoms with Gasteiger partial charge in [-0.05, 0) is 17.9 Å². The van der Waals surface area contributed by atoms with Crippen LogP contribution in [0.3, 0.4) is 0 Å². The zero-order chi connectivity index (χ0) is 9.26. The molecule has 0 fully saturated rings. The number of fused-ring (bicyclic) bond motifs is 1. The van der Waals surface area contributed by atoms with Crippen molar-refractivity contribution < 1.29 is 9.66 Å². The van der Waals surface area contributed by atoms with Crippen molar-refractivity contribution in [3.8, 4) is 5.75 Å². The van der Waals surface area contributed by atoms with E-state index in [2.05, 4.69) is 0 Å². The smallest absolute Gasteiger partial charge is 0.211 e. The lowest BCUT2D eigenvalue weighted by molar-refractivity contribution is -0.483. The Kier molecular flexibility index (Phi) is 2.18. The van der Waals surface area contributed by atoms with Gasteiger partial charge in [-0.3, -0.25) is 10.1 Å². The van der Waals surface area contributed by atoms with Gasteiger partial charge in [0.25, 0.3) is 0 Å². The Morgan fingerprint density at radius 1 is 1.77 bits per heavy atom. The van der Waals surface area contributed by atoms with Crippen LogP contribution in [-0.2, 0) is 0 Å². The van der Waals surface area contributed by atoms with Crippen molar-refractivity contribution in [2.75, 3.05) is 13.2 Å². The molecule has 1 unspecified atom stereocenters. The van der Waals surface area contributed by atoms with E-state index >= 15 is 0 Å². The Morgan fingerprint density at radius 3 is 3.38 bits per heavy atom. The molecule has 1 aromatic rings. The van der Waals surface area contributed by atoms with Gasteiger partial charge in [0.15, 0.2) is 0 Å². The second-order valence-electron chi connectivity index (χ2n) is 3.00. The molecule has 1 aromatic heterocycles. The highest BCUT2D eigenvalue weighted by Crippen LogP contribution is 2.37. The van der Waals surface area contributed by atoms with Gasteiger partial charge < -0.3 is 4.74 Å². The van der Waals surface area contributed by atoms with Crippen molar-refractivity contribution >= 4 is 11.3 Å². The summed E-state index contributed by atoms with van der Waals surface area (Å²) in [6.07, 6.45) is 0.758. The standard InChI is InChI=1S/C8H9NO3S/c10-9(11)5-6-1-3-12-7-2-4-13-8(6)7/h2,4,6H,1,3,5H2. The van der Waals surface area contributed by atoms with Crippen molar-refractivity contribution in [3.63, 3.8) is 0 Å². The Labute approximate surface area is 79.3 Å². The van der Waals surface area contributed by atoms with Crippen molar-refractivity contribution in [1.29, 1.82) is 0 Å². The van der Waals surface area contributed by atoms with E-state index in [0.717, 1.165) is 17.0 Å². The van der Waals surface area contributed by atoms with Crippen LogP contribution in [0.5, 0.6) is 5.75 Å². The summed E-state index contributed by atoms with van der Waals surface area (Å²) >= 11 is 1.55. The third-order valence-corrected chi connectivity index (χ3v) is 3.18. The molecule has 1 aliphatic heterocycles. The van der Waals surface area contributed by atoms with Gasteiger partial charge in [0.1, 0.15) is 5.75 Å². The first-order valence-electron chi connectivity index (χ1n) is 4.09. The highest BCUT2D eigenvalue weighted by molar-refractivity contribution is 7.10. The minimum Gasteiger partial charge on any atom is -0.492 e. The van der Waals surface area contributed by atoms with Gasteiger partial charge in [0.2, 0.25) is 6.54 Å². The highest BCUT2D eigenvalue weighted by atomic mass is 32.1. The van der Waals surface area contributed by atoms with Crippen molar-refractivity contribution in [2.45, 2.75) is 12.3 Å². The largest absolute Gasteiger partial charge is 0.492 e. The molecule has 0 amide bonds. The molecule has 0 bridgehead atoms. The van der Waals surface area contributed by atoms with E-state index in [1.165, 1.54) is 0 Å². The Bertz CT molecular complexity index is 323. The Morgan fingerprint density at radius 2 is 2.62 bits per heavy atom. The van der Waals surface area contributed by atoms with Crippen LogP contribution in [0.25, 0.3) is 0 Å². The first kappa shape index (κ1) is 8.50. The molecular weight excluding hydrogens is 190 g/mol. The third kappa shape index (κ3) is 1.65. The Balaban J connectivity index is 2.20. The normalized spacial score (nSPS) is 20.5. The van der Waals surface area contributed by atoms with Crippen LogP contribution in [0.4, 0.5) is 0 Å². The summed E-state index contributed by atoms with van der Waals surface area (Å²) < 4.78 is 5.36. The topological polar surface area (TPSA) is 52.4 Å². The van der Waals surface area contributed by atoms with Crippen molar-refractivity contribution in [1.82, 2.24) is 0 Å². The summed E-state index contributed by atoms with van der Waals surface area (Å²) in [5.41, 5.74) is 0. The molecule has 0 spiro atoms. The summed E-state index contributed by atoms with van der Waals surface area (Å²) in [5, 5.41) is 12.3. The predicted molar refractivity (Wildman–Crippen MR) is 49.0 cm³/mol. The molecule has 1 atom stereocenters. The van der Waals surface area contributed by atoms with E-state index in [4.69, 9.17) is 4.74 Å². The monoisotopic (exact) mass is 199 g/mol. The molecule has 5 heteroatoms. The molecule has 2 rings (SSSR count). The number of thiophene rings is 1. The van der Waals surface area contributed by atoms with Gasteiger partial charge in [-0.2, -0.15) is 0 Å². The lowest BCUT2D eigenvalue weighted by Gasteiger charge is -2.19. The number of nitrogens with zero attached hydrogens (tertiary/aromatic N) is 1. The van der Waals surface area contributed by atoms with Gasteiger partial charge in [0.05, 0.1) is 17.4 Å². The van der Waals surface area contributed by atoms with E-state index in [1.54, 1.807) is 11.3 Å². The molecule has 0 saturated carbocycles. The summed E-state index contributed by atoms with van der Waals surface area (Å²) in [6, 6.07) is 1.88. The first-order chi connectivity index (χ1) is 6.27. The number of rotatable bonds is 2. The summed E-state index contributed by atoms with van der Waals surface area (Å²) in [7, 11) is 0. The molecule has 0 N–H and O–H groups in total. The van der Waals surface area contributed by atoms with Crippen LogP contribution in [-0.4, -0.2) is 18.1 Å². The van der Waals surface area contributed by atoms with Crippen LogP contribution in [0, 0.1) is 10.1 Å². The van der Waals surface area contributed by atoms with Crippen LogP contribution in [0.1, 0.15) is 17.2 Å². The summed E-state index contributed by atoms with van der Waals surface area (Å²) in [5.74, 6) is 0.891. The molecule has 70 valence electrons. The van der Waals surface area contributed by atoms with Crippen molar-refractivity contribution in [2.24, 2.45) is 0 Å². The SMILES string of the molecule is O=[N+]([O-])CC1CCOc2ccsc21. The lowest BCUT2D eigenvalue weighted by atomic mass is 10.0. The van der Waals surface area contributed by atoms with E-state index < -0.39 is 0 Å². The number of hydrogen-bond acceptors (Lipinski definition) is 4. The van der Waals surface area contributed by atoms with Gasteiger partial charge >= 0.3 is 0 Å². The summed E-state index contributed by atoms with van der Waals surface area (Å²) in [6.45, 7) is 0.624. The van der Waals surface area contributed by atoms with Crippen LogP contribution < -0.4 is 4.74 Å². The number of nitro groups is 1. The molecular formula is C8H9NO3S. The van der Waals surface area contributed by atoms with E-state index in [0.29, 0.717) is 6.61 Å². The molecule has 1 aliphatic rings. The van der Waals surface area contributed by atoms with Crippen LogP contribution in [0.2, 0.25) is 0 Å². The lowest BCUT2D eigenvalue weighted by Crippen LogP contribution is -2.19. The maximum atomic E-state index is 10.4. The second-order valence-corrected chi connectivity index (χ2v) is 3.95. The van der Waals surface area contributed by atoms with Gasteiger partial charge in [-0.25, -0.2) is 0 Å². The molecule has 13 heavy (non-hydrogen) atoms. The first-order valence-corrected chi connectivity index (χ1v) is 4.97. The molecule has 4 nitrogen and oxygen atoms in total.